The van der Waals surface area contributed by atoms with Crippen molar-refractivity contribution in [2.24, 2.45) is 5.92 Å². The summed E-state index contributed by atoms with van der Waals surface area (Å²) < 4.78 is 0. The summed E-state index contributed by atoms with van der Waals surface area (Å²) in [5, 5.41) is 19.8. The second kappa shape index (κ2) is 7.64. The van der Waals surface area contributed by atoms with Gasteiger partial charge in [0.2, 0.25) is 0 Å². The highest BCUT2D eigenvalue weighted by Gasteiger charge is 2.24. The minimum Gasteiger partial charge on any atom is -0.384 e. The van der Waals surface area contributed by atoms with Crippen LogP contribution in [-0.2, 0) is 5.60 Å². The number of hydrogen-bond donors (Lipinski definition) is 3. The maximum absolute atomic E-state index is 11.8. The van der Waals surface area contributed by atoms with Gasteiger partial charge < -0.3 is 15.7 Å². The van der Waals surface area contributed by atoms with E-state index in [0.29, 0.717) is 5.92 Å². The van der Waals surface area contributed by atoms with E-state index in [1.165, 1.54) is 11.3 Å². The molecule has 0 aromatic carbocycles. The molecule has 20 heavy (non-hydrogen) atoms. The number of urea groups is 1. The van der Waals surface area contributed by atoms with Gasteiger partial charge in [0.25, 0.3) is 0 Å². The fourth-order valence-corrected chi connectivity index (χ4v) is 2.81. The first-order chi connectivity index (χ1) is 9.35. The van der Waals surface area contributed by atoms with E-state index in [-0.39, 0.29) is 18.6 Å². The van der Waals surface area contributed by atoms with Gasteiger partial charge >= 0.3 is 6.03 Å². The van der Waals surface area contributed by atoms with E-state index in [9.17, 15) is 9.90 Å². The molecule has 5 heteroatoms. The van der Waals surface area contributed by atoms with Crippen molar-refractivity contribution >= 4 is 17.4 Å². The van der Waals surface area contributed by atoms with Crippen LogP contribution < -0.4 is 10.6 Å². The molecule has 1 rings (SSSR count). The van der Waals surface area contributed by atoms with Gasteiger partial charge in [0.05, 0.1) is 6.54 Å². The smallest absolute Gasteiger partial charge is 0.315 e. The van der Waals surface area contributed by atoms with Crippen LogP contribution in [0.1, 0.15) is 46.1 Å². The predicted molar refractivity (Wildman–Crippen MR) is 84.0 cm³/mol. The highest BCUT2D eigenvalue weighted by molar-refractivity contribution is 7.08. The average molecular weight is 298 g/mol. The normalized spacial score (nSPS) is 17.1. The van der Waals surface area contributed by atoms with Gasteiger partial charge in [-0.15, -0.1) is 0 Å². The summed E-state index contributed by atoms with van der Waals surface area (Å²) in [5.74, 6) is 0.596. The van der Waals surface area contributed by atoms with Crippen LogP contribution >= 0.6 is 11.3 Å². The van der Waals surface area contributed by atoms with E-state index in [1.54, 1.807) is 6.92 Å². The number of carbonyl (C=O) groups is 1. The van der Waals surface area contributed by atoms with Crippen molar-refractivity contribution in [3.63, 3.8) is 0 Å². The zero-order chi connectivity index (χ0) is 15.2. The molecule has 0 fully saturated rings. The Morgan fingerprint density at radius 1 is 1.50 bits per heavy atom. The zero-order valence-corrected chi connectivity index (χ0v) is 13.6. The molecule has 0 spiro atoms. The molecule has 0 radical (unpaired) electrons. The van der Waals surface area contributed by atoms with E-state index < -0.39 is 5.60 Å². The predicted octanol–water partition coefficient (Wildman–Crippen LogP) is 3.08. The van der Waals surface area contributed by atoms with Gasteiger partial charge in [0.1, 0.15) is 5.60 Å². The van der Waals surface area contributed by atoms with Crippen molar-refractivity contribution in [3.05, 3.63) is 22.4 Å². The average Bonchev–Trinajstić information content (AvgIpc) is 2.90. The second-order valence-electron chi connectivity index (χ2n) is 5.76. The minimum atomic E-state index is -1.03. The number of carbonyl (C=O) groups excluding carboxylic acids is 1. The molecule has 4 nitrogen and oxygen atoms in total. The highest BCUT2D eigenvalue weighted by atomic mass is 32.1. The summed E-state index contributed by atoms with van der Waals surface area (Å²) >= 11 is 1.53. The van der Waals surface area contributed by atoms with Gasteiger partial charge in [-0.25, -0.2) is 4.79 Å². The summed E-state index contributed by atoms with van der Waals surface area (Å²) in [6, 6.07) is 1.78. The van der Waals surface area contributed by atoms with Gasteiger partial charge in [-0.3, -0.25) is 0 Å². The third-order valence-electron chi connectivity index (χ3n) is 3.57. The van der Waals surface area contributed by atoms with Gasteiger partial charge in [-0.05, 0) is 48.6 Å². The number of thiophene rings is 1. The number of hydrogen-bond acceptors (Lipinski definition) is 3. The Bertz CT molecular complexity index is 404. The Labute approximate surface area is 125 Å². The van der Waals surface area contributed by atoms with Crippen molar-refractivity contribution in [2.75, 3.05) is 6.54 Å². The molecule has 3 unspecified atom stereocenters. The topological polar surface area (TPSA) is 61.4 Å². The van der Waals surface area contributed by atoms with Crippen LogP contribution in [0.2, 0.25) is 0 Å². The van der Waals surface area contributed by atoms with E-state index in [2.05, 4.69) is 24.5 Å². The van der Waals surface area contributed by atoms with E-state index in [0.717, 1.165) is 18.4 Å². The van der Waals surface area contributed by atoms with Crippen molar-refractivity contribution in [2.45, 2.75) is 52.2 Å². The molecule has 1 heterocycles. The largest absolute Gasteiger partial charge is 0.384 e. The number of amides is 2. The summed E-state index contributed by atoms with van der Waals surface area (Å²) in [6.45, 7) is 8.24. The Kier molecular flexibility index (Phi) is 6.49. The van der Waals surface area contributed by atoms with Crippen LogP contribution in [0.15, 0.2) is 16.8 Å². The first-order valence-corrected chi connectivity index (χ1v) is 8.08. The first kappa shape index (κ1) is 17.0. The lowest BCUT2D eigenvalue weighted by Gasteiger charge is -2.24. The maximum Gasteiger partial charge on any atom is 0.315 e. The third kappa shape index (κ3) is 5.51. The molecular weight excluding hydrogens is 272 g/mol. The number of rotatable bonds is 7. The highest BCUT2D eigenvalue weighted by Crippen LogP contribution is 2.21. The van der Waals surface area contributed by atoms with Crippen LogP contribution in [0.5, 0.6) is 0 Å². The number of nitrogens with one attached hydrogen (secondary N) is 2. The molecule has 1 aromatic rings. The second-order valence-corrected chi connectivity index (χ2v) is 6.54. The van der Waals surface area contributed by atoms with Crippen molar-refractivity contribution in [1.82, 2.24) is 10.6 Å². The molecule has 0 bridgehead atoms. The van der Waals surface area contributed by atoms with Gasteiger partial charge in [-0.1, -0.05) is 20.3 Å². The minimum absolute atomic E-state index is 0.135. The number of aliphatic hydroxyl groups is 1. The van der Waals surface area contributed by atoms with Crippen molar-refractivity contribution in [1.29, 1.82) is 0 Å². The molecule has 2 amide bonds. The van der Waals surface area contributed by atoms with Crippen molar-refractivity contribution in [3.8, 4) is 0 Å². The summed E-state index contributed by atoms with van der Waals surface area (Å²) in [7, 11) is 0. The lowest BCUT2D eigenvalue weighted by Crippen LogP contribution is -2.46. The van der Waals surface area contributed by atoms with Crippen LogP contribution in [0, 0.1) is 5.92 Å². The van der Waals surface area contributed by atoms with E-state index in [4.69, 9.17) is 0 Å². The SMILES string of the molecule is CCC(C)CC(C)NC(=O)NCC(C)(O)c1ccsc1. The lowest BCUT2D eigenvalue weighted by atomic mass is 9.99. The van der Waals surface area contributed by atoms with Crippen LogP contribution in [-0.4, -0.2) is 23.7 Å². The quantitative estimate of drug-likeness (QED) is 0.724. The van der Waals surface area contributed by atoms with Gasteiger partial charge in [-0.2, -0.15) is 11.3 Å². The van der Waals surface area contributed by atoms with E-state index >= 15 is 0 Å². The van der Waals surface area contributed by atoms with Gasteiger partial charge in [0, 0.05) is 6.04 Å². The maximum atomic E-state index is 11.8. The first-order valence-electron chi connectivity index (χ1n) is 7.14. The molecule has 0 aliphatic heterocycles. The fraction of sp³-hybridized carbons (Fsp3) is 0.667. The Morgan fingerprint density at radius 2 is 2.20 bits per heavy atom. The molecule has 1 aromatic heterocycles. The summed E-state index contributed by atoms with van der Waals surface area (Å²) in [4.78, 5) is 11.8. The summed E-state index contributed by atoms with van der Waals surface area (Å²) in [6.07, 6.45) is 2.07. The molecule has 0 aliphatic rings. The standard InChI is InChI=1S/C15H26N2O2S/c1-5-11(2)8-12(3)17-14(18)16-10-15(4,19)13-6-7-20-9-13/h6-7,9,11-12,19H,5,8,10H2,1-4H3,(H2,16,17,18). The third-order valence-corrected chi connectivity index (χ3v) is 4.25. The van der Waals surface area contributed by atoms with Crippen LogP contribution in [0.4, 0.5) is 4.79 Å². The van der Waals surface area contributed by atoms with Gasteiger partial charge in [0.15, 0.2) is 0 Å². The van der Waals surface area contributed by atoms with Crippen LogP contribution in [0.25, 0.3) is 0 Å². The monoisotopic (exact) mass is 298 g/mol. The molecule has 114 valence electrons. The molecule has 3 N–H and O–H groups in total. The molecule has 3 atom stereocenters. The molecule has 0 saturated heterocycles. The van der Waals surface area contributed by atoms with Crippen LogP contribution in [0.3, 0.4) is 0 Å². The Morgan fingerprint density at radius 3 is 2.75 bits per heavy atom. The van der Waals surface area contributed by atoms with E-state index in [1.807, 2.05) is 23.8 Å². The Hall–Kier alpha value is -1.07. The zero-order valence-electron chi connectivity index (χ0n) is 12.8. The lowest BCUT2D eigenvalue weighted by molar-refractivity contribution is 0.0597. The molecular formula is C15H26N2O2S. The fourth-order valence-electron chi connectivity index (χ4n) is 2.03. The summed E-state index contributed by atoms with van der Waals surface area (Å²) in [5.41, 5.74) is -0.201. The Balaban J connectivity index is 2.36. The molecule has 0 aliphatic carbocycles. The molecule has 0 saturated carbocycles. The van der Waals surface area contributed by atoms with Crippen molar-refractivity contribution < 1.29 is 9.90 Å².